The van der Waals surface area contributed by atoms with E-state index in [4.69, 9.17) is 0 Å². The van der Waals surface area contributed by atoms with E-state index in [1.807, 2.05) is 34.6 Å². The van der Waals surface area contributed by atoms with Crippen molar-refractivity contribution in [2.75, 3.05) is 17.2 Å². The lowest BCUT2D eigenvalue weighted by Gasteiger charge is -2.17. The molecular weight excluding hydrogens is 363 g/mol. The number of hydrogen-bond acceptors (Lipinski definition) is 4. The smallest absolute Gasteiger partial charge is 0.237 e. The zero-order valence-electron chi connectivity index (χ0n) is 14.9. The fraction of sp³-hybridized carbons (Fsp3) is 0.250. The first-order valence-corrected chi connectivity index (χ1v) is 9.86. The summed E-state index contributed by atoms with van der Waals surface area (Å²) in [6.45, 7) is 3.39. The monoisotopic (exact) mass is 382 g/mol. The highest BCUT2D eigenvalue weighted by Crippen LogP contribution is 2.29. The highest BCUT2D eigenvalue weighted by molar-refractivity contribution is 7.99. The lowest BCUT2D eigenvalue weighted by molar-refractivity contribution is -0.116. The highest BCUT2D eigenvalue weighted by atomic mass is 32.2. The SMILES string of the molecule is CCn1c(SCC(=O)N2CCc3ccccc32)nnc1-c1ccc(F)cc1. The van der Waals surface area contributed by atoms with Gasteiger partial charge in [0.25, 0.3) is 0 Å². The maximum absolute atomic E-state index is 13.2. The van der Waals surface area contributed by atoms with Gasteiger partial charge in [-0.15, -0.1) is 10.2 Å². The average Bonchev–Trinajstić information content (AvgIpc) is 3.30. The van der Waals surface area contributed by atoms with Crippen molar-refractivity contribution in [2.45, 2.75) is 25.0 Å². The van der Waals surface area contributed by atoms with Gasteiger partial charge in [0.15, 0.2) is 11.0 Å². The number of rotatable bonds is 5. The Labute approximate surface area is 161 Å². The zero-order valence-corrected chi connectivity index (χ0v) is 15.7. The molecule has 138 valence electrons. The van der Waals surface area contributed by atoms with Crippen molar-refractivity contribution in [3.05, 3.63) is 59.9 Å². The number of halogens is 1. The quantitative estimate of drug-likeness (QED) is 0.630. The summed E-state index contributed by atoms with van der Waals surface area (Å²) < 4.78 is 15.1. The second-order valence-electron chi connectivity index (χ2n) is 6.27. The average molecular weight is 382 g/mol. The van der Waals surface area contributed by atoms with Gasteiger partial charge in [0.1, 0.15) is 5.82 Å². The Hall–Kier alpha value is -2.67. The summed E-state index contributed by atoms with van der Waals surface area (Å²) in [5, 5.41) is 9.18. The molecule has 2 heterocycles. The molecule has 4 rings (SSSR count). The zero-order chi connectivity index (χ0) is 18.8. The number of hydrogen-bond donors (Lipinski definition) is 0. The number of amides is 1. The van der Waals surface area contributed by atoms with Gasteiger partial charge in [0, 0.05) is 24.3 Å². The van der Waals surface area contributed by atoms with Crippen LogP contribution in [0.3, 0.4) is 0 Å². The van der Waals surface area contributed by atoms with Gasteiger partial charge in [0.2, 0.25) is 5.91 Å². The van der Waals surface area contributed by atoms with Gasteiger partial charge in [-0.2, -0.15) is 0 Å². The topological polar surface area (TPSA) is 51.0 Å². The van der Waals surface area contributed by atoms with Crippen molar-refractivity contribution in [3.8, 4) is 11.4 Å². The largest absolute Gasteiger partial charge is 0.311 e. The molecule has 1 aliphatic rings. The fourth-order valence-corrected chi connectivity index (χ4v) is 4.17. The molecule has 0 atom stereocenters. The third kappa shape index (κ3) is 3.47. The fourth-order valence-electron chi connectivity index (χ4n) is 3.29. The predicted octanol–water partition coefficient (Wildman–Crippen LogP) is 3.79. The van der Waals surface area contributed by atoms with Crippen molar-refractivity contribution in [1.82, 2.24) is 14.8 Å². The number of anilines is 1. The second kappa shape index (κ2) is 7.52. The van der Waals surface area contributed by atoms with Crippen LogP contribution in [0.5, 0.6) is 0 Å². The Kier molecular flexibility index (Phi) is 4.94. The minimum Gasteiger partial charge on any atom is -0.311 e. The van der Waals surface area contributed by atoms with Crippen LogP contribution in [0.15, 0.2) is 53.7 Å². The van der Waals surface area contributed by atoms with Crippen molar-refractivity contribution in [1.29, 1.82) is 0 Å². The maximum Gasteiger partial charge on any atom is 0.237 e. The van der Waals surface area contributed by atoms with Crippen LogP contribution in [0.1, 0.15) is 12.5 Å². The van der Waals surface area contributed by atoms with Crippen molar-refractivity contribution in [2.24, 2.45) is 0 Å². The number of nitrogens with zero attached hydrogens (tertiary/aromatic N) is 4. The molecule has 0 unspecified atom stereocenters. The van der Waals surface area contributed by atoms with Gasteiger partial charge in [-0.25, -0.2) is 4.39 Å². The lowest BCUT2D eigenvalue weighted by atomic mass is 10.2. The van der Waals surface area contributed by atoms with Crippen LogP contribution in [0.4, 0.5) is 10.1 Å². The number of aromatic nitrogens is 3. The standard InChI is InChI=1S/C20H19FN4OS/c1-2-24-19(15-7-9-16(21)10-8-15)22-23-20(24)27-13-18(26)25-12-11-14-5-3-4-6-17(14)25/h3-10H,2,11-13H2,1H3. The van der Waals surface area contributed by atoms with Crippen LogP contribution < -0.4 is 4.90 Å². The third-order valence-electron chi connectivity index (χ3n) is 4.65. The molecule has 5 nitrogen and oxygen atoms in total. The Morgan fingerprint density at radius 3 is 2.70 bits per heavy atom. The molecule has 1 aromatic heterocycles. The van der Waals surface area contributed by atoms with E-state index in [9.17, 15) is 9.18 Å². The van der Waals surface area contributed by atoms with E-state index in [2.05, 4.69) is 16.3 Å². The van der Waals surface area contributed by atoms with E-state index in [1.165, 1.54) is 29.5 Å². The van der Waals surface area contributed by atoms with E-state index in [0.29, 0.717) is 23.3 Å². The summed E-state index contributed by atoms with van der Waals surface area (Å²) in [5.74, 6) is 0.765. The molecule has 27 heavy (non-hydrogen) atoms. The van der Waals surface area contributed by atoms with Gasteiger partial charge < -0.3 is 9.47 Å². The molecule has 0 spiro atoms. The Morgan fingerprint density at radius 1 is 1.15 bits per heavy atom. The predicted molar refractivity (Wildman–Crippen MR) is 104 cm³/mol. The molecule has 0 saturated heterocycles. The number of carbonyl (C=O) groups is 1. The summed E-state index contributed by atoms with van der Waals surface area (Å²) in [4.78, 5) is 14.5. The van der Waals surface area contributed by atoms with E-state index < -0.39 is 0 Å². The number of benzene rings is 2. The van der Waals surface area contributed by atoms with Gasteiger partial charge in [-0.3, -0.25) is 4.79 Å². The molecule has 0 N–H and O–H groups in total. The molecule has 0 bridgehead atoms. The van der Waals surface area contributed by atoms with Crippen LogP contribution in [0.2, 0.25) is 0 Å². The summed E-state index contributed by atoms with van der Waals surface area (Å²) >= 11 is 1.38. The highest BCUT2D eigenvalue weighted by Gasteiger charge is 2.24. The van der Waals surface area contributed by atoms with Crippen LogP contribution >= 0.6 is 11.8 Å². The van der Waals surface area contributed by atoms with Gasteiger partial charge in [-0.1, -0.05) is 30.0 Å². The molecule has 2 aromatic carbocycles. The first-order valence-electron chi connectivity index (χ1n) is 8.87. The molecule has 0 fully saturated rings. The minimum absolute atomic E-state index is 0.0685. The van der Waals surface area contributed by atoms with E-state index >= 15 is 0 Å². The van der Waals surface area contributed by atoms with E-state index in [0.717, 1.165) is 24.2 Å². The minimum atomic E-state index is -0.285. The number of fused-ring (bicyclic) bond motifs is 1. The number of carbonyl (C=O) groups excluding carboxylic acids is 1. The second-order valence-corrected chi connectivity index (χ2v) is 7.21. The van der Waals surface area contributed by atoms with Crippen molar-refractivity contribution < 1.29 is 9.18 Å². The first kappa shape index (κ1) is 17.7. The molecule has 1 amide bonds. The molecule has 0 saturated carbocycles. The molecule has 7 heteroatoms. The molecule has 1 aliphatic heterocycles. The summed E-state index contributed by atoms with van der Waals surface area (Å²) in [6, 6.07) is 14.2. The van der Waals surface area contributed by atoms with Crippen LogP contribution in [-0.2, 0) is 17.8 Å². The van der Waals surface area contributed by atoms with Crippen molar-refractivity contribution in [3.63, 3.8) is 0 Å². The summed E-state index contributed by atoms with van der Waals surface area (Å²) in [7, 11) is 0. The van der Waals surface area contributed by atoms with Crippen molar-refractivity contribution >= 4 is 23.4 Å². The van der Waals surface area contributed by atoms with E-state index in [-0.39, 0.29) is 11.7 Å². The molecule has 0 aliphatic carbocycles. The van der Waals surface area contributed by atoms with Crippen LogP contribution in [0, 0.1) is 5.82 Å². The van der Waals surface area contributed by atoms with E-state index in [1.54, 1.807) is 12.1 Å². The Balaban J connectivity index is 1.49. The van der Waals surface area contributed by atoms with Crippen LogP contribution in [0.25, 0.3) is 11.4 Å². The summed E-state index contributed by atoms with van der Waals surface area (Å²) in [5.41, 5.74) is 3.02. The molecular formula is C20H19FN4OS. The first-order chi connectivity index (χ1) is 13.2. The van der Waals surface area contributed by atoms with Gasteiger partial charge >= 0.3 is 0 Å². The van der Waals surface area contributed by atoms with Gasteiger partial charge in [-0.05, 0) is 49.2 Å². The normalized spacial score (nSPS) is 13.0. The number of thioether (sulfide) groups is 1. The Morgan fingerprint density at radius 2 is 1.93 bits per heavy atom. The van der Waals surface area contributed by atoms with Crippen LogP contribution in [-0.4, -0.2) is 33.0 Å². The number of para-hydroxylation sites is 1. The maximum atomic E-state index is 13.2. The molecule has 3 aromatic rings. The van der Waals surface area contributed by atoms with Gasteiger partial charge in [0.05, 0.1) is 5.75 Å². The molecule has 0 radical (unpaired) electrons. The lowest BCUT2D eigenvalue weighted by Crippen LogP contribution is -2.30. The third-order valence-corrected chi connectivity index (χ3v) is 5.60. The summed E-state index contributed by atoms with van der Waals surface area (Å²) in [6.07, 6.45) is 0.895. The Bertz CT molecular complexity index is 970.